The van der Waals surface area contributed by atoms with Crippen molar-refractivity contribution in [3.63, 3.8) is 0 Å². The van der Waals surface area contributed by atoms with Crippen molar-refractivity contribution in [2.24, 2.45) is 11.7 Å². The molecular formula is C18H28N2O. The number of amides is 1. The van der Waals surface area contributed by atoms with Crippen LogP contribution in [0.5, 0.6) is 0 Å². The molecule has 1 fully saturated rings. The lowest BCUT2D eigenvalue weighted by Crippen LogP contribution is -2.37. The van der Waals surface area contributed by atoms with Crippen molar-refractivity contribution in [3.05, 3.63) is 35.4 Å². The molecule has 21 heavy (non-hydrogen) atoms. The number of aryl methyl sites for hydroxylation is 1. The van der Waals surface area contributed by atoms with Gasteiger partial charge in [-0.15, -0.1) is 0 Å². The summed E-state index contributed by atoms with van der Waals surface area (Å²) in [6.45, 7) is 5.81. The van der Waals surface area contributed by atoms with Gasteiger partial charge in [-0.05, 0) is 36.8 Å². The van der Waals surface area contributed by atoms with Crippen LogP contribution in [0.2, 0.25) is 0 Å². The van der Waals surface area contributed by atoms with Gasteiger partial charge in [0.1, 0.15) is 0 Å². The third kappa shape index (κ3) is 4.31. The van der Waals surface area contributed by atoms with Gasteiger partial charge in [0.2, 0.25) is 5.91 Å². The van der Waals surface area contributed by atoms with E-state index in [0.717, 1.165) is 24.9 Å². The third-order valence-corrected chi connectivity index (χ3v) is 4.63. The van der Waals surface area contributed by atoms with E-state index < -0.39 is 0 Å². The summed E-state index contributed by atoms with van der Waals surface area (Å²) in [5.74, 6) is 0.983. The zero-order valence-electron chi connectivity index (χ0n) is 13.3. The molecule has 1 saturated heterocycles. The summed E-state index contributed by atoms with van der Waals surface area (Å²) in [5.41, 5.74) is 8.70. The molecule has 2 N–H and O–H groups in total. The van der Waals surface area contributed by atoms with Gasteiger partial charge in [-0.1, -0.05) is 44.0 Å². The number of hydrogen-bond donors (Lipinski definition) is 1. The minimum atomic E-state index is -0.0853. The quantitative estimate of drug-likeness (QED) is 0.902. The summed E-state index contributed by atoms with van der Waals surface area (Å²) in [5, 5.41) is 0. The minimum Gasteiger partial charge on any atom is -0.341 e. The maximum absolute atomic E-state index is 12.3. The van der Waals surface area contributed by atoms with E-state index in [1.54, 1.807) is 0 Å². The predicted octanol–water partition coefficient (Wildman–Crippen LogP) is 3.42. The molecule has 1 aromatic rings. The van der Waals surface area contributed by atoms with E-state index in [4.69, 9.17) is 5.73 Å². The van der Waals surface area contributed by atoms with Crippen LogP contribution in [0.15, 0.2) is 24.3 Å². The molecule has 0 bridgehead atoms. The Morgan fingerprint density at radius 2 is 2.10 bits per heavy atom. The highest BCUT2D eigenvalue weighted by Crippen LogP contribution is 2.24. The van der Waals surface area contributed by atoms with Crippen LogP contribution in [-0.2, 0) is 4.79 Å². The Kier molecular flexibility index (Phi) is 5.80. The van der Waals surface area contributed by atoms with E-state index in [2.05, 4.69) is 26.0 Å². The molecule has 0 saturated carbocycles. The van der Waals surface area contributed by atoms with Crippen LogP contribution in [0, 0.1) is 12.8 Å². The van der Waals surface area contributed by atoms with E-state index >= 15 is 0 Å². The van der Waals surface area contributed by atoms with Crippen LogP contribution in [0.25, 0.3) is 0 Å². The van der Waals surface area contributed by atoms with E-state index in [0.29, 0.717) is 18.9 Å². The van der Waals surface area contributed by atoms with Gasteiger partial charge < -0.3 is 10.6 Å². The van der Waals surface area contributed by atoms with Crippen molar-refractivity contribution >= 4 is 5.91 Å². The monoisotopic (exact) mass is 288 g/mol. The summed E-state index contributed by atoms with van der Waals surface area (Å²) in [7, 11) is 0. The minimum absolute atomic E-state index is 0.0853. The van der Waals surface area contributed by atoms with Crippen LogP contribution in [0.4, 0.5) is 0 Å². The normalized spacial score (nSPS) is 21.2. The van der Waals surface area contributed by atoms with Crippen LogP contribution in [0.1, 0.15) is 56.2 Å². The number of carbonyl (C=O) groups is 1. The lowest BCUT2D eigenvalue weighted by Gasteiger charge is -2.25. The van der Waals surface area contributed by atoms with Gasteiger partial charge in [0.05, 0.1) is 0 Å². The number of rotatable bonds is 5. The maximum Gasteiger partial charge on any atom is 0.222 e. The first-order valence-electron chi connectivity index (χ1n) is 8.20. The summed E-state index contributed by atoms with van der Waals surface area (Å²) >= 11 is 0. The van der Waals surface area contributed by atoms with Gasteiger partial charge in [0.15, 0.2) is 0 Å². The topological polar surface area (TPSA) is 46.3 Å². The van der Waals surface area contributed by atoms with Gasteiger partial charge in [0, 0.05) is 25.6 Å². The highest BCUT2D eigenvalue weighted by atomic mass is 16.2. The van der Waals surface area contributed by atoms with Gasteiger partial charge in [-0.25, -0.2) is 0 Å². The molecule has 1 aliphatic heterocycles. The van der Waals surface area contributed by atoms with Gasteiger partial charge >= 0.3 is 0 Å². The van der Waals surface area contributed by atoms with Crippen molar-refractivity contribution in [3.8, 4) is 0 Å². The van der Waals surface area contributed by atoms with Crippen molar-refractivity contribution < 1.29 is 4.79 Å². The number of hydrogen-bond acceptors (Lipinski definition) is 2. The third-order valence-electron chi connectivity index (χ3n) is 4.63. The van der Waals surface area contributed by atoms with Crippen molar-refractivity contribution in [1.82, 2.24) is 4.90 Å². The maximum atomic E-state index is 12.3. The lowest BCUT2D eigenvalue weighted by molar-refractivity contribution is -0.130. The Labute approximate surface area is 128 Å². The van der Waals surface area contributed by atoms with Crippen molar-refractivity contribution in [2.75, 3.05) is 13.1 Å². The first-order chi connectivity index (χ1) is 10.1. The summed E-state index contributed by atoms with van der Waals surface area (Å²) in [6, 6.07) is 8.11. The zero-order chi connectivity index (χ0) is 15.2. The summed E-state index contributed by atoms with van der Waals surface area (Å²) in [4.78, 5) is 14.3. The number of carbonyl (C=O) groups excluding carboxylic acids is 1. The molecule has 1 amide bonds. The van der Waals surface area contributed by atoms with E-state index in [1.807, 2.05) is 17.0 Å². The van der Waals surface area contributed by atoms with E-state index in [1.165, 1.54) is 18.4 Å². The smallest absolute Gasteiger partial charge is 0.222 e. The molecule has 2 atom stereocenters. The summed E-state index contributed by atoms with van der Waals surface area (Å²) in [6.07, 6.45) is 5.31. The molecule has 1 heterocycles. The fraction of sp³-hybridized carbons (Fsp3) is 0.611. The van der Waals surface area contributed by atoms with Gasteiger partial charge in [0.25, 0.3) is 0 Å². The Balaban J connectivity index is 1.98. The Morgan fingerprint density at radius 1 is 1.33 bits per heavy atom. The van der Waals surface area contributed by atoms with E-state index in [-0.39, 0.29) is 11.9 Å². The second kappa shape index (κ2) is 7.60. The molecule has 0 aliphatic carbocycles. The fourth-order valence-electron chi connectivity index (χ4n) is 3.32. The molecule has 0 spiro atoms. The number of nitrogens with zero attached hydrogens (tertiary/aromatic N) is 1. The molecule has 1 aliphatic rings. The molecule has 3 nitrogen and oxygen atoms in total. The van der Waals surface area contributed by atoms with Crippen molar-refractivity contribution in [1.29, 1.82) is 0 Å². The molecule has 3 heteroatoms. The highest BCUT2D eigenvalue weighted by molar-refractivity contribution is 5.76. The Bertz CT molecular complexity index is 472. The van der Waals surface area contributed by atoms with Crippen LogP contribution in [0.3, 0.4) is 0 Å². The number of benzene rings is 1. The Morgan fingerprint density at radius 3 is 2.81 bits per heavy atom. The largest absolute Gasteiger partial charge is 0.341 e. The van der Waals surface area contributed by atoms with Gasteiger partial charge in [-0.3, -0.25) is 4.79 Å². The predicted molar refractivity (Wildman–Crippen MR) is 86.9 cm³/mol. The second-order valence-electron chi connectivity index (χ2n) is 6.28. The van der Waals surface area contributed by atoms with Crippen LogP contribution < -0.4 is 5.73 Å². The second-order valence-corrected chi connectivity index (χ2v) is 6.28. The molecule has 2 rings (SSSR count). The van der Waals surface area contributed by atoms with Crippen LogP contribution in [-0.4, -0.2) is 23.9 Å². The number of likely N-dealkylation sites (tertiary alicyclic amines) is 1. The lowest BCUT2D eigenvalue weighted by atomic mass is 9.96. The molecular weight excluding hydrogens is 260 g/mol. The fourth-order valence-corrected chi connectivity index (χ4v) is 3.32. The first kappa shape index (κ1) is 16.0. The first-order valence-corrected chi connectivity index (χ1v) is 8.20. The molecule has 1 aromatic carbocycles. The molecule has 0 aromatic heterocycles. The van der Waals surface area contributed by atoms with E-state index in [9.17, 15) is 4.79 Å². The molecule has 0 radical (unpaired) electrons. The zero-order valence-corrected chi connectivity index (χ0v) is 13.3. The molecule has 2 unspecified atom stereocenters. The standard InChI is InChI=1S/C18H28N2O/c1-3-6-15-9-10-18(21)20(12-11-15)13-17(19)16-8-5-4-7-14(16)2/h4-5,7-8,15,17H,3,6,9-13,19H2,1-2H3. The van der Waals surface area contributed by atoms with Gasteiger partial charge in [-0.2, -0.15) is 0 Å². The number of nitrogens with two attached hydrogens (primary N) is 1. The summed E-state index contributed by atoms with van der Waals surface area (Å²) < 4.78 is 0. The SMILES string of the molecule is CCCC1CCC(=O)N(CC(N)c2ccccc2C)CC1. The Hall–Kier alpha value is -1.35. The molecule has 116 valence electrons. The highest BCUT2D eigenvalue weighted by Gasteiger charge is 2.24. The van der Waals surface area contributed by atoms with Crippen LogP contribution >= 0.6 is 0 Å². The van der Waals surface area contributed by atoms with Crippen molar-refractivity contribution in [2.45, 2.75) is 52.0 Å². The average molecular weight is 288 g/mol. The average Bonchev–Trinajstić information content (AvgIpc) is 2.64.